The van der Waals surface area contributed by atoms with Crippen molar-refractivity contribution < 1.29 is 17.9 Å². The minimum absolute atomic E-state index is 0.128. The van der Waals surface area contributed by atoms with Gasteiger partial charge >= 0.3 is 6.03 Å². The summed E-state index contributed by atoms with van der Waals surface area (Å²) >= 11 is 14.0. The summed E-state index contributed by atoms with van der Waals surface area (Å²) in [5, 5.41) is 3.19. The van der Waals surface area contributed by atoms with Gasteiger partial charge in [0, 0.05) is 42.5 Å². The van der Waals surface area contributed by atoms with Crippen molar-refractivity contribution in [1.82, 2.24) is 14.7 Å². The number of ether oxygens (including phenoxy) is 1. The number of benzene rings is 2. The molecular weight excluding hydrogens is 615 g/mol. The normalized spacial score (nSPS) is 19.7. The van der Waals surface area contributed by atoms with Crippen LogP contribution in [0.25, 0.3) is 0 Å². The summed E-state index contributed by atoms with van der Waals surface area (Å²) in [6, 6.07) is 16.2. The van der Waals surface area contributed by atoms with E-state index in [-0.39, 0.29) is 17.8 Å². The SMILES string of the molecule is CCOc1ccsc1C1=N[C@@H](c2ccc(Cl)cc2)[C@@H](c2ccc(Cl)cc2)N1C(=O)N1CCN(CCCS(C)(=O)=O)CC1. The van der Waals surface area contributed by atoms with E-state index < -0.39 is 15.9 Å². The van der Waals surface area contributed by atoms with Crippen LogP contribution >= 0.6 is 34.5 Å². The fourth-order valence-electron chi connectivity index (χ4n) is 5.42. The van der Waals surface area contributed by atoms with E-state index in [1.54, 1.807) is 0 Å². The van der Waals surface area contributed by atoms with Gasteiger partial charge in [0.15, 0.2) is 5.84 Å². The van der Waals surface area contributed by atoms with Crippen LogP contribution in [0.2, 0.25) is 10.0 Å². The highest BCUT2D eigenvalue weighted by Gasteiger charge is 2.45. The second kappa shape index (κ2) is 13.3. The first-order valence-corrected chi connectivity index (χ1v) is 17.6. The number of piperazine rings is 1. The van der Waals surface area contributed by atoms with Crippen LogP contribution < -0.4 is 4.74 Å². The van der Waals surface area contributed by atoms with Crippen LogP contribution in [0.15, 0.2) is 65.0 Å². The first-order chi connectivity index (χ1) is 20.1. The first kappa shape index (κ1) is 30.8. The summed E-state index contributed by atoms with van der Waals surface area (Å²) in [7, 11) is -3.00. The van der Waals surface area contributed by atoms with Gasteiger partial charge in [-0.3, -0.25) is 14.8 Å². The molecule has 2 aliphatic rings. The number of carbonyl (C=O) groups excluding carboxylic acids is 1. The predicted molar refractivity (Wildman–Crippen MR) is 170 cm³/mol. The molecular formula is C30H34Cl2N4O4S2. The molecule has 2 aromatic carbocycles. The minimum Gasteiger partial charge on any atom is -0.492 e. The molecule has 3 heterocycles. The van der Waals surface area contributed by atoms with Gasteiger partial charge in [-0.05, 0) is 66.7 Å². The van der Waals surface area contributed by atoms with E-state index in [2.05, 4.69) is 4.90 Å². The summed E-state index contributed by atoms with van der Waals surface area (Å²) in [4.78, 5) is 26.4. The molecule has 0 N–H and O–H groups in total. The molecule has 2 atom stereocenters. The monoisotopic (exact) mass is 648 g/mol. The maximum Gasteiger partial charge on any atom is 0.326 e. The Balaban J connectivity index is 1.49. The van der Waals surface area contributed by atoms with Gasteiger partial charge in [0.2, 0.25) is 0 Å². The molecule has 2 amide bonds. The number of hydrogen-bond acceptors (Lipinski definition) is 7. The van der Waals surface area contributed by atoms with E-state index in [1.165, 1.54) is 17.6 Å². The Hall–Kier alpha value is -2.63. The van der Waals surface area contributed by atoms with Crippen molar-refractivity contribution in [2.75, 3.05) is 51.3 Å². The van der Waals surface area contributed by atoms with E-state index in [0.29, 0.717) is 67.4 Å². The van der Waals surface area contributed by atoms with Gasteiger partial charge < -0.3 is 9.64 Å². The van der Waals surface area contributed by atoms with Crippen molar-refractivity contribution in [3.63, 3.8) is 0 Å². The molecule has 1 aromatic heterocycles. The van der Waals surface area contributed by atoms with E-state index in [9.17, 15) is 13.2 Å². The Morgan fingerprint density at radius 3 is 2.19 bits per heavy atom. The topological polar surface area (TPSA) is 82.5 Å². The third kappa shape index (κ3) is 7.11. The lowest BCUT2D eigenvalue weighted by Gasteiger charge is -2.39. The molecule has 1 saturated heterocycles. The number of nitrogens with zero attached hydrogens (tertiary/aromatic N) is 4. The van der Waals surface area contributed by atoms with Gasteiger partial charge in [-0.15, -0.1) is 11.3 Å². The third-order valence-corrected chi connectivity index (χ3v) is 9.89. The summed E-state index contributed by atoms with van der Waals surface area (Å²) in [6.45, 7) is 5.52. The number of rotatable bonds is 9. The second-order valence-electron chi connectivity index (χ2n) is 10.5. The number of amidine groups is 1. The highest BCUT2D eigenvalue weighted by atomic mass is 35.5. The average Bonchev–Trinajstić information content (AvgIpc) is 3.58. The number of urea groups is 1. The van der Waals surface area contributed by atoms with Crippen LogP contribution in [0.4, 0.5) is 4.79 Å². The Kier molecular flexibility index (Phi) is 9.79. The van der Waals surface area contributed by atoms with Crippen LogP contribution in [0.1, 0.15) is 41.4 Å². The average molecular weight is 650 g/mol. The highest BCUT2D eigenvalue weighted by molar-refractivity contribution is 7.90. The maximum absolute atomic E-state index is 14.5. The van der Waals surface area contributed by atoms with Crippen molar-refractivity contribution in [1.29, 1.82) is 0 Å². The Labute approximate surface area is 261 Å². The lowest BCUT2D eigenvalue weighted by atomic mass is 9.94. The number of amides is 2. The zero-order chi connectivity index (χ0) is 29.9. The van der Waals surface area contributed by atoms with Crippen LogP contribution in [0.3, 0.4) is 0 Å². The van der Waals surface area contributed by atoms with Crippen LogP contribution in [-0.2, 0) is 9.84 Å². The predicted octanol–water partition coefficient (Wildman–Crippen LogP) is 6.17. The highest BCUT2D eigenvalue weighted by Crippen LogP contribution is 2.46. The fraction of sp³-hybridized carbons (Fsp3) is 0.400. The van der Waals surface area contributed by atoms with E-state index in [0.717, 1.165) is 16.0 Å². The quantitative estimate of drug-likeness (QED) is 0.277. The van der Waals surface area contributed by atoms with Crippen LogP contribution in [0, 0.1) is 0 Å². The molecule has 0 bridgehead atoms. The third-order valence-electron chi connectivity index (χ3n) is 7.46. The number of carbonyl (C=O) groups is 1. The molecule has 0 spiro atoms. The van der Waals surface area contributed by atoms with Crippen molar-refractivity contribution >= 4 is 56.2 Å². The van der Waals surface area contributed by atoms with Crippen molar-refractivity contribution in [2.45, 2.75) is 25.4 Å². The van der Waals surface area contributed by atoms with Crippen molar-refractivity contribution in [3.8, 4) is 5.75 Å². The summed E-state index contributed by atoms with van der Waals surface area (Å²) in [5.74, 6) is 1.44. The molecule has 8 nitrogen and oxygen atoms in total. The number of sulfone groups is 1. The van der Waals surface area contributed by atoms with E-state index >= 15 is 0 Å². The Morgan fingerprint density at radius 2 is 1.60 bits per heavy atom. The molecule has 0 unspecified atom stereocenters. The standard InChI is InChI=1S/C30H34Cl2N4O4S2/c1-3-40-25-13-19-41-28(25)29-33-26(21-5-9-23(31)10-6-21)27(22-7-11-24(32)12-8-22)36(29)30(37)35-17-15-34(16-18-35)14-4-20-42(2,38)39/h5-13,19,26-27H,3-4,14-18,20H2,1-2H3/t26-,27+/m0/s1. The smallest absolute Gasteiger partial charge is 0.326 e. The molecule has 1 fully saturated rings. The summed E-state index contributed by atoms with van der Waals surface area (Å²) in [5.41, 5.74) is 1.86. The number of halogens is 2. The molecule has 5 rings (SSSR count). The van der Waals surface area contributed by atoms with Gasteiger partial charge in [0.05, 0.1) is 18.4 Å². The van der Waals surface area contributed by atoms with Gasteiger partial charge in [-0.1, -0.05) is 47.5 Å². The van der Waals surface area contributed by atoms with Crippen LogP contribution in [-0.4, -0.2) is 86.3 Å². The Bertz CT molecular complexity index is 1520. The lowest BCUT2D eigenvalue weighted by molar-refractivity contribution is 0.119. The lowest BCUT2D eigenvalue weighted by Crippen LogP contribution is -2.54. The van der Waals surface area contributed by atoms with Crippen LogP contribution in [0.5, 0.6) is 5.75 Å². The maximum atomic E-state index is 14.5. The number of thiophene rings is 1. The number of aliphatic imine (C=N–C) groups is 1. The molecule has 3 aromatic rings. The molecule has 2 aliphatic heterocycles. The van der Waals surface area contributed by atoms with Gasteiger partial charge in [-0.25, -0.2) is 13.2 Å². The molecule has 0 saturated carbocycles. The minimum atomic E-state index is -3.00. The molecule has 0 radical (unpaired) electrons. The van der Waals surface area contributed by atoms with Crippen molar-refractivity contribution in [3.05, 3.63) is 86.0 Å². The molecule has 224 valence electrons. The number of hydrogen-bond donors (Lipinski definition) is 0. The van der Waals surface area contributed by atoms with Crippen molar-refractivity contribution in [2.24, 2.45) is 4.99 Å². The van der Waals surface area contributed by atoms with E-state index in [1.807, 2.05) is 76.7 Å². The zero-order valence-corrected chi connectivity index (χ0v) is 26.7. The summed E-state index contributed by atoms with van der Waals surface area (Å²) in [6.07, 6.45) is 1.84. The largest absolute Gasteiger partial charge is 0.492 e. The van der Waals surface area contributed by atoms with Gasteiger partial charge in [0.25, 0.3) is 0 Å². The molecule has 0 aliphatic carbocycles. The summed E-state index contributed by atoms with van der Waals surface area (Å²) < 4.78 is 29.1. The zero-order valence-electron chi connectivity index (χ0n) is 23.6. The van der Waals surface area contributed by atoms with E-state index in [4.69, 9.17) is 32.9 Å². The van der Waals surface area contributed by atoms with Gasteiger partial charge in [0.1, 0.15) is 26.5 Å². The first-order valence-electron chi connectivity index (χ1n) is 13.9. The Morgan fingerprint density at radius 1 is 0.976 bits per heavy atom. The molecule has 12 heteroatoms. The molecule has 42 heavy (non-hydrogen) atoms. The fourth-order valence-corrected chi connectivity index (χ4v) is 7.15. The second-order valence-corrected chi connectivity index (χ2v) is 14.5. The van der Waals surface area contributed by atoms with Gasteiger partial charge in [-0.2, -0.15) is 0 Å².